The Bertz CT molecular complexity index is 3980. The lowest BCUT2D eigenvalue weighted by molar-refractivity contribution is 0.660. The molecule has 10 aromatic carbocycles. The summed E-state index contributed by atoms with van der Waals surface area (Å²) in [4.78, 5) is 5.54. The second kappa shape index (κ2) is 15.5. The molecule has 3 aliphatic heterocycles. The number of para-hydroxylation sites is 2. The fourth-order valence-electron chi connectivity index (χ4n) is 13.8. The van der Waals surface area contributed by atoms with Gasteiger partial charge in [-0.1, -0.05) is 209 Å². The van der Waals surface area contributed by atoms with Crippen molar-refractivity contribution in [1.82, 2.24) is 0 Å². The van der Waals surface area contributed by atoms with E-state index in [2.05, 4.69) is 249 Å². The van der Waals surface area contributed by atoms with Gasteiger partial charge in [0.25, 0.3) is 0 Å². The maximum absolute atomic E-state index is 2.81. The molecule has 1 aromatic heterocycles. The van der Waals surface area contributed by atoms with Crippen LogP contribution in [0.2, 0.25) is 0 Å². The molecule has 0 radical (unpaired) electrons. The number of fused-ring (bicyclic) bond motifs is 14. The Morgan fingerprint density at radius 3 is 1.90 bits per heavy atom. The number of aryl methyl sites for hydroxylation is 1. The van der Waals surface area contributed by atoms with E-state index >= 15 is 0 Å². The second-order valence-electron chi connectivity index (χ2n) is 20.9. The average Bonchev–Trinajstić information content (AvgIpc) is 3.93. The van der Waals surface area contributed by atoms with E-state index in [0.29, 0.717) is 0 Å². The minimum absolute atomic E-state index is 0.170. The van der Waals surface area contributed by atoms with E-state index < -0.39 is 5.41 Å². The Labute approximate surface area is 426 Å². The molecule has 0 unspecified atom stereocenters. The van der Waals surface area contributed by atoms with Crippen LogP contribution in [-0.2, 0) is 17.3 Å². The largest absolute Gasteiger partial charge is 0.376 e. The van der Waals surface area contributed by atoms with Gasteiger partial charge < -0.3 is 9.71 Å². The molecule has 0 fully saturated rings. The van der Waals surface area contributed by atoms with Crippen molar-refractivity contribution in [1.29, 1.82) is 0 Å². The predicted octanol–water partition coefficient (Wildman–Crippen LogP) is 16.8. The highest BCUT2D eigenvalue weighted by Gasteiger charge is 2.55. The molecule has 11 aromatic rings. The van der Waals surface area contributed by atoms with Crippen molar-refractivity contribution in [2.75, 3.05) is 9.71 Å². The van der Waals surface area contributed by atoms with Crippen LogP contribution in [0.25, 0.3) is 53.6 Å². The molecular weight excluding hydrogens is 888 g/mol. The van der Waals surface area contributed by atoms with E-state index in [9.17, 15) is 0 Å². The Balaban J connectivity index is 1.15. The molecule has 0 N–H and O–H groups in total. The first-order valence-corrected chi connectivity index (χ1v) is 26.7. The van der Waals surface area contributed by atoms with E-state index in [4.69, 9.17) is 0 Å². The van der Waals surface area contributed by atoms with Crippen molar-refractivity contribution in [3.8, 4) is 33.4 Å². The quantitative estimate of drug-likeness (QED) is 0.147. The molecule has 72 heavy (non-hydrogen) atoms. The molecule has 15 rings (SSSR count). The summed E-state index contributed by atoms with van der Waals surface area (Å²) in [6, 6.07) is 83.7. The van der Waals surface area contributed by atoms with Gasteiger partial charge in [0.15, 0.2) is 0 Å². The number of benzene rings is 10. The molecule has 4 heterocycles. The minimum Gasteiger partial charge on any atom is -0.376 e. The minimum atomic E-state index is -0.596. The summed E-state index contributed by atoms with van der Waals surface area (Å²) in [5.74, 6) is 0. The van der Waals surface area contributed by atoms with Crippen LogP contribution in [0.1, 0.15) is 72.6 Å². The van der Waals surface area contributed by atoms with Crippen molar-refractivity contribution in [2.24, 2.45) is 0 Å². The van der Waals surface area contributed by atoms with E-state index in [1.165, 1.54) is 132 Å². The zero-order chi connectivity index (χ0) is 47.9. The Hall–Kier alpha value is -7.92. The number of nitrogens with zero attached hydrogens (tertiary/aromatic N) is 2. The van der Waals surface area contributed by atoms with E-state index in [1.54, 1.807) is 0 Å². The number of hydrogen-bond acceptors (Lipinski definition) is 3. The number of rotatable bonds is 7. The zero-order valence-electron chi connectivity index (χ0n) is 40.8. The van der Waals surface area contributed by atoms with E-state index in [0.717, 1.165) is 19.3 Å². The van der Waals surface area contributed by atoms with Gasteiger partial charge in [-0.25, -0.2) is 0 Å². The number of anilines is 5. The predicted molar refractivity (Wildman–Crippen MR) is 307 cm³/mol. The first-order valence-electron chi connectivity index (χ1n) is 25.9. The standard InChI is InChI=1S/C68H51BN2S/c1-4-5-22-43-37-39-57(50(41-43)44-23-9-6-10-24-44)70-59-40-38-55-61(49-30-15-17-32-53(49)67(55,2)3)63(59)69-62-51(42-52-47-29-16-20-36-60(47)72-66(52)65(62)70)48-31-21-34-56-64(48)71(69)58-35-19-18-33-54(58)68(56,45-25-11-7-12-26-45)46-27-13-8-14-28-46/h6-21,23-42H,4-5,22H2,1-3H3. The Morgan fingerprint density at radius 1 is 0.472 bits per heavy atom. The van der Waals surface area contributed by atoms with Gasteiger partial charge in [-0.15, -0.1) is 11.3 Å². The Morgan fingerprint density at radius 2 is 1.12 bits per heavy atom. The van der Waals surface area contributed by atoms with Gasteiger partial charge in [0.1, 0.15) is 0 Å². The third kappa shape index (κ3) is 5.51. The second-order valence-corrected chi connectivity index (χ2v) is 21.9. The normalized spacial score (nSPS) is 14.9. The van der Waals surface area contributed by atoms with Crippen LogP contribution >= 0.6 is 11.3 Å². The smallest absolute Gasteiger partial charge is 0.333 e. The van der Waals surface area contributed by atoms with Crippen molar-refractivity contribution in [3.63, 3.8) is 0 Å². The summed E-state index contributed by atoms with van der Waals surface area (Å²) in [5.41, 5.74) is 25.3. The molecular formula is C68H51BN2S. The molecule has 0 amide bonds. The van der Waals surface area contributed by atoms with Crippen LogP contribution in [0.15, 0.2) is 218 Å². The molecule has 0 saturated carbocycles. The zero-order valence-corrected chi connectivity index (χ0v) is 41.6. The number of thiophene rings is 1. The highest BCUT2D eigenvalue weighted by atomic mass is 32.1. The average molecular weight is 939 g/mol. The van der Waals surface area contributed by atoms with Gasteiger partial charge in [0.05, 0.1) is 21.5 Å². The van der Waals surface area contributed by atoms with Crippen LogP contribution in [-0.4, -0.2) is 6.85 Å². The maximum Gasteiger partial charge on any atom is 0.333 e. The van der Waals surface area contributed by atoms with Crippen LogP contribution < -0.4 is 20.6 Å². The van der Waals surface area contributed by atoms with Gasteiger partial charge >= 0.3 is 6.85 Å². The molecule has 4 heteroatoms. The molecule has 4 aliphatic rings. The summed E-state index contributed by atoms with van der Waals surface area (Å²) >= 11 is 1.95. The fraction of sp³-hybridized carbons (Fsp3) is 0.118. The van der Waals surface area contributed by atoms with Crippen molar-refractivity contribution in [3.05, 3.63) is 257 Å². The number of unbranched alkanes of at least 4 members (excludes halogenated alkanes) is 1. The van der Waals surface area contributed by atoms with Crippen molar-refractivity contribution in [2.45, 2.75) is 50.9 Å². The van der Waals surface area contributed by atoms with Gasteiger partial charge in [-0.3, -0.25) is 0 Å². The molecule has 1 aliphatic carbocycles. The fourth-order valence-corrected chi connectivity index (χ4v) is 15.1. The lowest BCUT2D eigenvalue weighted by Gasteiger charge is -2.53. The van der Waals surface area contributed by atoms with Crippen molar-refractivity contribution >= 4 is 77.7 Å². The van der Waals surface area contributed by atoms with E-state index in [1.807, 2.05) is 11.3 Å². The van der Waals surface area contributed by atoms with E-state index in [-0.39, 0.29) is 12.3 Å². The lowest BCUT2D eigenvalue weighted by Crippen LogP contribution is -2.63. The summed E-state index contributed by atoms with van der Waals surface area (Å²) in [6.45, 7) is 7.00. The first kappa shape index (κ1) is 41.8. The summed E-state index contributed by atoms with van der Waals surface area (Å²) in [7, 11) is 0. The summed E-state index contributed by atoms with van der Waals surface area (Å²) in [6.07, 6.45) is 3.37. The summed E-state index contributed by atoms with van der Waals surface area (Å²) < 4.78 is 2.64. The molecule has 0 bridgehead atoms. The van der Waals surface area contributed by atoms with Gasteiger partial charge in [-0.2, -0.15) is 0 Å². The third-order valence-electron chi connectivity index (χ3n) is 16.9. The maximum atomic E-state index is 2.81. The molecule has 342 valence electrons. The van der Waals surface area contributed by atoms with Crippen LogP contribution in [0.5, 0.6) is 0 Å². The molecule has 0 spiro atoms. The molecule has 0 atom stereocenters. The highest BCUT2D eigenvalue weighted by molar-refractivity contribution is 7.26. The number of hydrogen-bond donors (Lipinski definition) is 0. The molecule has 2 nitrogen and oxygen atoms in total. The van der Waals surface area contributed by atoms with Crippen LogP contribution in [0.3, 0.4) is 0 Å². The highest BCUT2D eigenvalue weighted by Crippen LogP contribution is 2.62. The Kier molecular flexibility index (Phi) is 9.03. The lowest BCUT2D eigenvalue weighted by atomic mass is 9.41. The monoisotopic (exact) mass is 938 g/mol. The van der Waals surface area contributed by atoms with Gasteiger partial charge in [0.2, 0.25) is 0 Å². The van der Waals surface area contributed by atoms with Gasteiger partial charge in [0, 0.05) is 49.1 Å². The van der Waals surface area contributed by atoms with Crippen LogP contribution in [0.4, 0.5) is 28.4 Å². The van der Waals surface area contributed by atoms with Gasteiger partial charge in [-0.05, 0) is 121 Å². The van der Waals surface area contributed by atoms with Crippen molar-refractivity contribution < 1.29 is 0 Å². The van der Waals surface area contributed by atoms with Crippen LogP contribution in [0, 0.1) is 0 Å². The summed E-state index contributed by atoms with van der Waals surface area (Å²) in [5, 5.41) is 2.62. The molecule has 0 saturated heterocycles. The topological polar surface area (TPSA) is 6.48 Å². The third-order valence-corrected chi connectivity index (χ3v) is 18.1. The SMILES string of the molecule is CCCCc1ccc(N2c3ccc4c(c3B3c5c(cc6c(sc7ccccc76)c52)-c2cccc5c2N3c2ccccc2C5(c2ccccc2)c2ccccc2)-c2ccccc2C4(C)C)c(-c2ccccc2)c1. The first-order chi connectivity index (χ1) is 35.5.